The first-order valence-electron chi connectivity index (χ1n) is 4.37. The number of aliphatic hydroxyl groups is 1. The predicted molar refractivity (Wildman–Crippen MR) is 61.7 cm³/mol. The van der Waals surface area contributed by atoms with E-state index in [1.54, 1.807) is 18.2 Å². The van der Waals surface area contributed by atoms with Crippen molar-refractivity contribution in [1.82, 2.24) is 4.98 Å². The van der Waals surface area contributed by atoms with Gasteiger partial charge in [0.2, 0.25) is 0 Å². The lowest BCUT2D eigenvalue weighted by atomic mass is 10.3. The van der Waals surface area contributed by atoms with E-state index in [9.17, 15) is 0 Å². The number of hydrogen-bond donors (Lipinski definition) is 1. The minimum absolute atomic E-state index is 0.0760. The standard InChI is InChI=1S/C10H7BrClNO3/c11-8-3-6(12)1-2-9(8)16-10-13-7(4-14)5-15-10/h1-3,5,14H,4H2. The van der Waals surface area contributed by atoms with Crippen molar-refractivity contribution in [3.8, 4) is 11.8 Å². The number of nitrogens with zero attached hydrogens (tertiary/aromatic N) is 1. The zero-order chi connectivity index (χ0) is 11.5. The Morgan fingerprint density at radius 1 is 1.50 bits per heavy atom. The molecule has 1 aromatic carbocycles. The topological polar surface area (TPSA) is 55.5 Å². The van der Waals surface area contributed by atoms with Crippen molar-refractivity contribution in [2.24, 2.45) is 0 Å². The molecule has 0 fully saturated rings. The van der Waals surface area contributed by atoms with E-state index in [0.29, 0.717) is 20.9 Å². The van der Waals surface area contributed by atoms with Gasteiger partial charge < -0.3 is 14.3 Å². The molecule has 16 heavy (non-hydrogen) atoms. The fourth-order valence-electron chi connectivity index (χ4n) is 1.06. The van der Waals surface area contributed by atoms with Gasteiger partial charge in [-0.3, -0.25) is 0 Å². The molecular formula is C10H7BrClNO3. The Morgan fingerprint density at radius 3 is 2.94 bits per heavy atom. The highest BCUT2D eigenvalue weighted by molar-refractivity contribution is 9.10. The van der Waals surface area contributed by atoms with Crippen LogP contribution in [0, 0.1) is 0 Å². The lowest BCUT2D eigenvalue weighted by molar-refractivity contribution is 0.276. The average Bonchev–Trinajstić information content (AvgIpc) is 2.70. The highest BCUT2D eigenvalue weighted by atomic mass is 79.9. The molecule has 0 radical (unpaired) electrons. The van der Waals surface area contributed by atoms with Gasteiger partial charge in [-0.15, -0.1) is 0 Å². The van der Waals surface area contributed by atoms with Crippen LogP contribution in [0.5, 0.6) is 11.8 Å². The van der Waals surface area contributed by atoms with Crippen LogP contribution < -0.4 is 4.74 Å². The van der Waals surface area contributed by atoms with E-state index < -0.39 is 0 Å². The molecule has 0 bridgehead atoms. The van der Waals surface area contributed by atoms with Gasteiger partial charge in [-0.2, -0.15) is 4.98 Å². The second kappa shape index (κ2) is 4.86. The quantitative estimate of drug-likeness (QED) is 0.944. The fraction of sp³-hybridized carbons (Fsp3) is 0.100. The van der Waals surface area contributed by atoms with Crippen molar-refractivity contribution < 1.29 is 14.3 Å². The van der Waals surface area contributed by atoms with Gasteiger partial charge in [-0.25, -0.2) is 0 Å². The smallest absolute Gasteiger partial charge is 0.399 e. The number of hydrogen-bond acceptors (Lipinski definition) is 4. The van der Waals surface area contributed by atoms with Gasteiger partial charge in [0.25, 0.3) is 0 Å². The van der Waals surface area contributed by atoms with Crippen molar-refractivity contribution in [2.75, 3.05) is 0 Å². The number of ether oxygens (including phenoxy) is 1. The average molecular weight is 305 g/mol. The van der Waals surface area contributed by atoms with E-state index in [4.69, 9.17) is 25.9 Å². The van der Waals surface area contributed by atoms with Crippen LogP contribution in [0.2, 0.25) is 5.02 Å². The summed E-state index contributed by atoms with van der Waals surface area (Å²) in [6.07, 6.45) is 1.41. The van der Waals surface area contributed by atoms with Gasteiger partial charge in [-0.1, -0.05) is 11.6 Å². The van der Waals surface area contributed by atoms with Crippen LogP contribution in [-0.4, -0.2) is 10.1 Å². The van der Waals surface area contributed by atoms with Crippen LogP contribution in [0.25, 0.3) is 0 Å². The molecule has 4 nitrogen and oxygen atoms in total. The molecule has 0 saturated carbocycles. The first kappa shape index (κ1) is 11.4. The largest absolute Gasteiger partial charge is 0.417 e. The second-order valence-corrected chi connectivity index (χ2v) is 4.23. The third kappa shape index (κ3) is 2.55. The molecule has 0 atom stereocenters. The van der Waals surface area contributed by atoms with E-state index in [0.717, 1.165) is 0 Å². The molecule has 0 spiro atoms. The van der Waals surface area contributed by atoms with Crippen LogP contribution in [0.15, 0.2) is 33.4 Å². The summed E-state index contributed by atoms with van der Waals surface area (Å²) in [7, 11) is 0. The van der Waals surface area contributed by atoms with Gasteiger partial charge in [0, 0.05) is 5.02 Å². The zero-order valence-corrected chi connectivity index (χ0v) is 10.3. The van der Waals surface area contributed by atoms with Gasteiger partial charge in [0.15, 0.2) is 0 Å². The third-order valence-electron chi connectivity index (χ3n) is 1.78. The maximum absolute atomic E-state index is 8.80. The molecule has 2 rings (SSSR count). The van der Waals surface area contributed by atoms with Crippen LogP contribution in [0.3, 0.4) is 0 Å². The minimum atomic E-state index is -0.186. The normalized spacial score (nSPS) is 10.4. The van der Waals surface area contributed by atoms with Gasteiger partial charge in [0.05, 0.1) is 11.1 Å². The summed E-state index contributed by atoms with van der Waals surface area (Å²) < 4.78 is 11.0. The monoisotopic (exact) mass is 303 g/mol. The first-order valence-corrected chi connectivity index (χ1v) is 5.54. The molecule has 84 valence electrons. The lowest BCUT2D eigenvalue weighted by Gasteiger charge is -2.03. The second-order valence-electron chi connectivity index (χ2n) is 2.94. The molecule has 1 N–H and O–H groups in total. The third-order valence-corrected chi connectivity index (χ3v) is 2.64. The Bertz CT molecular complexity index is 501. The van der Waals surface area contributed by atoms with Crippen LogP contribution in [0.1, 0.15) is 5.69 Å². The van der Waals surface area contributed by atoms with Crippen molar-refractivity contribution in [3.05, 3.63) is 39.7 Å². The molecule has 1 heterocycles. The number of aromatic nitrogens is 1. The Hall–Kier alpha value is -1.04. The summed E-state index contributed by atoms with van der Waals surface area (Å²) >= 11 is 9.09. The highest BCUT2D eigenvalue weighted by Gasteiger charge is 2.08. The summed E-state index contributed by atoms with van der Waals surface area (Å²) in [6.45, 7) is -0.186. The summed E-state index contributed by atoms with van der Waals surface area (Å²) in [5.41, 5.74) is 0.417. The Balaban J connectivity index is 2.20. The summed E-state index contributed by atoms with van der Waals surface area (Å²) in [5, 5.41) is 9.40. The van der Waals surface area contributed by atoms with E-state index in [-0.39, 0.29) is 12.7 Å². The van der Waals surface area contributed by atoms with Gasteiger partial charge in [-0.05, 0) is 34.1 Å². The molecule has 6 heteroatoms. The molecule has 0 unspecified atom stereocenters. The van der Waals surface area contributed by atoms with Crippen LogP contribution in [-0.2, 0) is 6.61 Å². The molecule has 1 aromatic heterocycles. The maximum atomic E-state index is 8.80. The Labute approximate surface area is 105 Å². The number of benzene rings is 1. The zero-order valence-electron chi connectivity index (χ0n) is 7.98. The van der Waals surface area contributed by atoms with Crippen molar-refractivity contribution >= 4 is 27.5 Å². The van der Waals surface area contributed by atoms with Crippen molar-refractivity contribution in [2.45, 2.75) is 6.61 Å². The van der Waals surface area contributed by atoms with Crippen molar-refractivity contribution in [1.29, 1.82) is 0 Å². The maximum Gasteiger partial charge on any atom is 0.399 e. The van der Waals surface area contributed by atoms with E-state index in [2.05, 4.69) is 20.9 Å². The van der Waals surface area contributed by atoms with Crippen molar-refractivity contribution in [3.63, 3.8) is 0 Å². The summed E-state index contributed by atoms with van der Waals surface area (Å²) in [4.78, 5) is 3.89. The molecule has 2 aromatic rings. The van der Waals surface area contributed by atoms with E-state index >= 15 is 0 Å². The Kier molecular flexibility index (Phi) is 3.48. The number of oxazole rings is 1. The number of rotatable bonds is 3. The molecular weight excluding hydrogens is 297 g/mol. The Morgan fingerprint density at radius 2 is 2.31 bits per heavy atom. The van der Waals surface area contributed by atoms with Gasteiger partial charge in [0.1, 0.15) is 17.7 Å². The number of halogens is 2. The molecule has 0 amide bonds. The fourth-order valence-corrected chi connectivity index (χ4v) is 1.82. The molecule has 0 aliphatic rings. The predicted octanol–water partition coefficient (Wildman–Crippen LogP) is 3.38. The number of aliphatic hydroxyl groups excluding tert-OH is 1. The van der Waals surface area contributed by atoms with E-state index in [1.807, 2.05) is 0 Å². The summed E-state index contributed by atoms with van der Waals surface area (Å²) in [5.74, 6) is 0.538. The molecule has 0 saturated heterocycles. The van der Waals surface area contributed by atoms with Crippen LogP contribution in [0.4, 0.5) is 0 Å². The lowest BCUT2D eigenvalue weighted by Crippen LogP contribution is -1.87. The summed E-state index contributed by atoms with van der Waals surface area (Å²) in [6, 6.07) is 5.08. The van der Waals surface area contributed by atoms with Gasteiger partial charge >= 0.3 is 6.08 Å². The molecule has 0 aliphatic heterocycles. The molecule has 0 aliphatic carbocycles. The first-order chi connectivity index (χ1) is 7.69. The SMILES string of the molecule is OCc1coc(Oc2ccc(Cl)cc2Br)n1. The van der Waals surface area contributed by atoms with E-state index in [1.165, 1.54) is 6.26 Å². The van der Waals surface area contributed by atoms with Crippen LogP contribution >= 0.6 is 27.5 Å². The minimum Gasteiger partial charge on any atom is -0.417 e. The highest BCUT2D eigenvalue weighted by Crippen LogP contribution is 2.31.